The van der Waals surface area contributed by atoms with Gasteiger partial charge in [-0.25, -0.2) is 4.98 Å². The number of aromatic nitrogens is 1. The third kappa shape index (κ3) is 3.44. The van der Waals surface area contributed by atoms with E-state index in [2.05, 4.69) is 42.7 Å². The van der Waals surface area contributed by atoms with E-state index in [0.717, 1.165) is 11.3 Å². The van der Waals surface area contributed by atoms with Crippen molar-refractivity contribution < 1.29 is 0 Å². The Labute approximate surface area is 110 Å². The van der Waals surface area contributed by atoms with Gasteiger partial charge in [-0.2, -0.15) is 0 Å². The molecule has 0 spiro atoms. The van der Waals surface area contributed by atoms with Crippen LogP contribution in [0.15, 0.2) is 12.3 Å². The van der Waals surface area contributed by atoms with Crippen LogP contribution in [0.3, 0.4) is 0 Å². The summed E-state index contributed by atoms with van der Waals surface area (Å²) in [5.41, 5.74) is 1.91. The fourth-order valence-electron chi connectivity index (χ4n) is 1.17. The first-order valence-electron chi connectivity index (χ1n) is 4.50. The molecule has 1 aromatic rings. The molecule has 0 aliphatic heterocycles. The van der Waals surface area contributed by atoms with Crippen molar-refractivity contribution in [1.82, 2.24) is 4.98 Å². The summed E-state index contributed by atoms with van der Waals surface area (Å²) in [4.78, 5) is 4.03. The fraction of sp³-hybridized carbons (Fsp3) is 0.300. The number of nitrogens with one attached hydrogen (secondary N) is 1. The van der Waals surface area contributed by atoms with Gasteiger partial charge < -0.3 is 5.32 Å². The van der Waals surface area contributed by atoms with Crippen molar-refractivity contribution in [2.75, 3.05) is 5.32 Å². The van der Waals surface area contributed by atoms with Crippen LogP contribution in [-0.2, 0) is 0 Å². The quantitative estimate of drug-likeness (QED) is 0.500. The zero-order valence-electron chi connectivity index (χ0n) is 7.76. The zero-order chi connectivity index (χ0) is 10.7. The Hall–Kier alpha value is -0.120. The molecule has 0 saturated heterocycles. The molecule has 15 heavy (non-hydrogen) atoms. The number of pyridine rings is 1. The lowest BCUT2D eigenvalue weighted by Crippen LogP contribution is -2.03. The van der Waals surface area contributed by atoms with Gasteiger partial charge in [0.25, 0.3) is 0 Å². The van der Waals surface area contributed by atoms with Gasteiger partial charge in [-0.1, -0.05) is 17.5 Å². The lowest BCUT2D eigenvalue weighted by atomic mass is 10.2. The molecule has 1 aliphatic rings. The van der Waals surface area contributed by atoms with Crippen molar-refractivity contribution in [1.29, 1.82) is 0 Å². The summed E-state index contributed by atoms with van der Waals surface area (Å²) in [5.74, 6) is 3.05. The lowest BCUT2D eigenvalue weighted by Gasteiger charge is -2.06. The molecule has 1 aromatic heterocycles. The highest BCUT2D eigenvalue weighted by Gasteiger charge is 2.21. The molecule has 5 heteroatoms. The summed E-state index contributed by atoms with van der Waals surface area (Å²) >= 11 is 8.00. The van der Waals surface area contributed by atoms with Crippen LogP contribution >= 0.6 is 41.7 Å². The highest BCUT2D eigenvalue weighted by atomic mass is 127. The predicted molar refractivity (Wildman–Crippen MR) is 74.4 cm³/mol. The minimum atomic E-state index is 0.505. The number of nitrogens with zero attached hydrogens (tertiary/aromatic N) is 1. The van der Waals surface area contributed by atoms with Crippen molar-refractivity contribution >= 4 is 47.4 Å². The van der Waals surface area contributed by atoms with E-state index in [9.17, 15) is 0 Å². The minimum Gasteiger partial charge on any atom is -0.381 e. The molecule has 1 aliphatic carbocycles. The van der Waals surface area contributed by atoms with Crippen LogP contribution in [0.1, 0.15) is 18.4 Å². The second-order valence-electron chi connectivity index (χ2n) is 3.28. The normalized spacial score (nSPS) is 14.3. The summed E-state index contributed by atoms with van der Waals surface area (Å²) in [6, 6.07) is 2.43. The molecule has 1 N–H and O–H groups in total. The molecule has 0 aromatic carbocycles. The van der Waals surface area contributed by atoms with Gasteiger partial charge in [-0.15, -0.1) is 0 Å². The summed E-state index contributed by atoms with van der Waals surface area (Å²) in [5, 5.41) is 6.85. The topological polar surface area (TPSA) is 24.9 Å². The van der Waals surface area contributed by atoms with Gasteiger partial charge in [0.05, 0.1) is 11.3 Å². The monoisotopic (exact) mass is 350 g/mol. The fourth-order valence-corrected chi connectivity index (χ4v) is 1.81. The summed E-state index contributed by atoms with van der Waals surface area (Å²) < 4.78 is 0. The maximum absolute atomic E-state index is 5.85. The summed E-state index contributed by atoms with van der Waals surface area (Å²) in [6.07, 6.45) is 4.18. The molecule has 0 radical (unpaired) electrons. The minimum absolute atomic E-state index is 0.505. The van der Waals surface area contributed by atoms with E-state index in [-0.39, 0.29) is 0 Å². The van der Waals surface area contributed by atoms with Crippen LogP contribution < -0.4 is 5.32 Å². The highest BCUT2D eigenvalue weighted by Crippen LogP contribution is 2.27. The molecule has 0 amide bonds. The van der Waals surface area contributed by atoms with Gasteiger partial charge in [-0.3, -0.25) is 0 Å². The SMILES string of the molecule is Clc1cc(NC2CC2)c(C#CSI)cn1. The van der Waals surface area contributed by atoms with Crippen LogP contribution in [-0.4, -0.2) is 11.0 Å². The maximum atomic E-state index is 5.85. The second kappa shape index (κ2) is 5.28. The summed E-state index contributed by atoms with van der Waals surface area (Å²) in [7, 11) is 1.46. The Morgan fingerprint density at radius 3 is 3.07 bits per heavy atom. The highest BCUT2D eigenvalue weighted by molar-refractivity contribution is 14.2. The molecular weight excluding hydrogens is 343 g/mol. The Morgan fingerprint density at radius 2 is 2.40 bits per heavy atom. The molecule has 0 atom stereocenters. The first-order valence-corrected chi connectivity index (χ1v) is 8.24. The molecule has 1 heterocycles. The largest absolute Gasteiger partial charge is 0.381 e. The molecular formula is C10H8ClIN2S. The van der Waals surface area contributed by atoms with E-state index in [1.807, 2.05) is 6.07 Å². The first-order chi connectivity index (χ1) is 7.29. The zero-order valence-corrected chi connectivity index (χ0v) is 11.5. The molecule has 2 nitrogen and oxygen atoms in total. The van der Waals surface area contributed by atoms with Crippen LogP contribution in [0, 0.1) is 11.2 Å². The van der Waals surface area contributed by atoms with Gasteiger partial charge in [0, 0.05) is 33.4 Å². The van der Waals surface area contributed by atoms with E-state index in [4.69, 9.17) is 11.6 Å². The molecule has 78 valence electrons. The van der Waals surface area contributed by atoms with Crippen molar-refractivity contribution in [2.45, 2.75) is 18.9 Å². The Kier molecular flexibility index (Phi) is 4.00. The second-order valence-corrected chi connectivity index (χ2v) is 5.34. The van der Waals surface area contributed by atoms with Gasteiger partial charge in [0.1, 0.15) is 5.15 Å². The van der Waals surface area contributed by atoms with Crippen LogP contribution in [0.2, 0.25) is 5.15 Å². The van der Waals surface area contributed by atoms with Crippen molar-refractivity contribution in [3.63, 3.8) is 0 Å². The van der Waals surface area contributed by atoms with Gasteiger partial charge >= 0.3 is 0 Å². The Balaban J connectivity index is 2.25. The summed E-state index contributed by atoms with van der Waals surface area (Å²) in [6.45, 7) is 0. The van der Waals surface area contributed by atoms with E-state index in [1.54, 1.807) is 6.20 Å². The maximum Gasteiger partial charge on any atom is 0.131 e. The third-order valence-electron chi connectivity index (χ3n) is 2.03. The number of hydrogen-bond acceptors (Lipinski definition) is 3. The molecule has 1 saturated carbocycles. The van der Waals surface area contributed by atoms with Crippen molar-refractivity contribution in [3.8, 4) is 11.2 Å². The molecule has 2 rings (SSSR count). The van der Waals surface area contributed by atoms with Gasteiger partial charge in [0.15, 0.2) is 0 Å². The van der Waals surface area contributed by atoms with Gasteiger partial charge in [0.2, 0.25) is 0 Å². The van der Waals surface area contributed by atoms with Crippen LogP contribution in [0.5, 0.6) is 0 Å². The average Bonchev–Trinajstić information content (AvgIpc) is 3.01. The van der Waals surface area contributed by atoms with Gasteiger partial charge in [-0.05, 0) is 33.1 Å². The number of rotatable bonds is 2. The van der Waals surface area contributed by atoms with Crippen molar-refractivity contribution in [2.24, 2.45) is 0 Å². The van der Waals surface area contributed by atoms with E-state index >= 15 is 0 Å². The molecule has 1 fully saturated rings. The van der Waals surface area contributed by atoms with Crippen molar-refractivity contribution in [3.05, 3.63) is 23.0 Å². The smallest absolute Gasteiger partial charge is 0.131 e. The predicted octanol–water partition coefficient (Wildman–Crippen LogP) is 3.70. The Morgan fingerprint density at radius 1 is 1.60 bits per heavy atom. The number of halogens is 2. The van der Waals surface area contributed by atoms with E-state index in [0.29, 0.717) is 11.2 Å². The molecule has 0 bridgehead atoms. The number of anilines is 1. The molecule has 0 unspecified atom stereocenters. The van der Waals surface area contributed by atoms with Crippen LogP contribution in [0.25, 0.3) is 0 Å². The van der Waals surface area contributed by atoms with E-state index in [1.165, 1.54) is 21.8 Å². The Bertz CT molecular complexity index is 423. The van der Waals surface area contributed by atoms with Crippen LogP contribution in [0.4, 0.5) is 5.69 Å². The first kappa shape index (κ1) is 11.4. The standard InChI is InChI=1S/C10H8ClIN2S/c11-10-5-9(14-8-1-2-8)7(6-13-10)3-4-15-12/h5-6,8H,1-2H2,(H,13,14). The average molecular weight is 351 g/mol. The third-order valence-corrected chi connectivity index (χ3v) is 3.08. The lowest BCUT2D eigenvalue weighted by molar-refractivity contribution is 1.14. The van der Waals surface area contributed by atoms with E-state index < -0.39 is 0 Å². The number of hydrogen-bond donors (Lipinski definition) is 1.